The summed E-state index contributed by atoms with van der Waals surface area (Å²) in [5.74, 6) is 0.101. The molecule has 1 aromatic rings. The summed E-state index contributed by atoms with van der Waals surface area (Å²) in [6, 6.07) is 10.3. The third-order valence-electron chi connectivity index (χ3n) is 4.30. The summed E-state index contributed by atoms with van der Waals surface area (Å²) in [4.78, 5) is 2.18. The zero-order chi connectivity index (χ0) is 15.1. The molecule has 2 aliphatic rings. The fraction of sp³-hybridized carbons (Fsp3) is 0.158. The summed E-state index contributed by atoms with van der Waals surface area (Å²) in [7, 11) is 0. The van der Waals surface area contributed by atoms with Gasteiger partial charge in [0.05, 0.1) is 11.8 Å². The van der Waals surface area contributed by atoms with Crippen LogP contribution in [0, 0.1) is 11.8 Å². The van der Waals surface area contributed by atoms with Gasteiger partial charge in [-0.05, 0) is 11.1 Å². The molecule has 2 bridgehead atoms. The Kier molecular flexibility index (Phi) is 3.09. The lowest BCUT2D eigenvalue weighted by Crippen LogP contribution is -2.46. The highest BCUT2D eigenvalue weighted by Crippen LogP contribution is 2.48. The molecular weight excluding hydrogens is 256 g/mol. The van der Waals surface area contributed by atoms with Gasteiger partial charge >= 0.3 is 0 Å². The van der Waals surface area contributed by atoms with Crippen LogP contribution in [-0.2, 0) is 6.54 Å². The third-order valence-corrected chi connectivity index (χ3v) is 4.30. The van der Waals surface area contributed by atoms with Crippen molar-refractivity contribution in [2.45, 2.75) is 6.54 Å². The van der Waals surface area contributed by atoms with Crippen molar-refractivity contribution in [2.75, 3.05) is 0 Å². The zero-order valence-electron chi connectivity index (χ0n) is 12.2. The lowest BCUT2D eigenvalue weighted by Gasteiger charge is -2.49. The molecule has 106 valence electrons. The molecule has 1 aromatic carbocycles. The molecule has 1 N–H and O–H groups in total. The Bertz CT molecular complexity index is 630. The average molecular weight is 276 g/mol. The molecule has 2 atom stereocenters. The molecule has 0 aliphatic carbocycles. The van der Waals surface area contributed by atoms with Crippen molar-refractivity contribution in [3.8, 4) is 0 Å². The minimum absolute atomic E-state index is 0.0507. The molecule has 21 heavy (non-hydrogen) atoms. The first-order chi connectivity index (χ1) is 10.0. The molecule has 2 heteroatoms. The van der Waals surface area contributed by atoms with Crippen LogP contribution >= 0.6 is 0 Å². The highest BCUT2D eigenvalue weighted by atomic mass is 15.2. The smallest absolute Gasteiger partial charge is 0.0599 e. The fourth-order valence-electron chi connectivity index (χ4n) is 3.26. The van der Waals surface area contributed by atoms with Crippen LogP contribution in [0.4, 0.5) is 0 Å². The SMILES string of the molecule is C=C1NC(=C)C2C(=C)C1C(=C)N(Cc1ccccc1)C2=C. The first-order valence-electron chi connectivity index (χ1n) is 7.03. The number of nitrogens with zero attached hydrogens (tertiary/aromatic N) is 1. The van der Waals surface area contributed by atoms with Crippen LogP contribution < -0.4 is 5.32 Å². The monoisotopic (exact) mass is 276 g/mol. The van der Waals surface area contributed by atoms with E-state index in [4.69, 9.17) is 0 Å². The van der Waals surface area contributed by atoms with Crippen LogP contribution in [0.25, 0.3) is 0 Å². The van der Waals surface area contributed by atoms with Crippen molar-refractivity contribution in [3.63, 3.8) is 0 Å². The van der Waals surface area contributed by atoms with Gasteiger partial charge in [-0.15, -0.1) is 0 Å². The van der Waals surface area contributed by atoms with Gasteiger partial charge in [-0.1, -0.05) is 63.2 Å². The molecule has 3 rings (SSSR count). The van der Waals surface area contributed by atoms with Gasteiger partial charge in [0.2, 0.25) is 0 Å². The standard InChI is InChI=1S/C19H20N2/c1-12-18-13(2)20-14(3)19(12)16(5)21(15(18)4)11-17-9-7-6-8-10-17/h6-10,18-20H,1-5,11H2. The van der Waals surface area contributed by atoms with Crippen molar-refractivity contribution < 1.29 is 0 Å². The van der Waals surface area contributed by atoms with Crippen LogP contribution in [0.1, 0.15) is 5.56 Å². The van der Waals surface area contributed by atoms with Gasteiger partial charge < -0.3 is 10.2 Å². The summed E-state index contributed by atoms with van der Waals surface area (Å²) in [6.45, 7) is 21.7. The maximum Gasteiger partial charge on any atom is 0.0599 e. The zero-order valence-corrected chi connectivity index (χ0v) is 12.2. The minimum Gasteiger partial charge on any atom is -0.362 e. The van der Waals surface area contributed by atoms with E-state index in [0.29, 0.717) is 0 Å². The van der Waals surface area contributed by atoms with Gasteiger partial charge in [0.15, 0.2) is 0 Å². The number of fused-ring (bicyclic) bond motifs is 2. The highest BCUT2D eigenvalue weighted by Gasteiger charge is 2.42. The van der Waals surface area contributed by atoms with Gasteiger partial charge in [0.1, 0.15) is 0 Å². The van der Waals surface area contributed by atoms with E-state index in [9.17, 15) is 0 Å². The summed E-state index contributed by atoms with van der Waals surface area (Å²) in [5, 5.41) is 3.26. The van der Waals surface area contributed by atoms with E-state index >= 15 is 0 Å². The molecule has 0 amide bonds. The van der Waals surface area contributed by atoms with Crippen LogP contribution in [0.15, 0.2) is 91.6 Å². The van der Waals surface area contributed by atoms with Gasteiger partial charge in [0.25, 0.3) is 0 Å². The Labute approximate surface area is 126 Å². The number of hydrogen-bond donors (Lipinski definition) is 1. The lowest BCUT2D eigenvalue weighted by atomic mass is 9.74. The molecule has 2 fully saturated rings. The number of hydrogen-bond acceptors (Lipinski definition) is 2. The minimum atomic E-state index is 0.0507. The van der Waals surface area contributed by atoms with Crippen LogP contribution in [-0.4, -0.2) is 4.90 Å². The molecule has 2 heterocycles. The summed E-state index contributed by atoms with van der Waals surface area (Å²) in [6.07, 6.45) is 0. The topological polar surface area (TPSA) is 15.3 Å². The molecule has 0 spiro atoms. The van der Waals surface area contributed by atoms with Crippen LogP contribution in [0.3, 0.4) is 0 Å². The average Bonchev–Trinajstić information content (AvgIpc) is 2.43. The van der Waals surface area contributed by atoms with E-state index in [1.807, 2.05) is 18.2 Å². The van der Waals surface area contributed by atoms with Crippen molar-refractivity contribution in [1.29, 1.82) is 0 Å². The van der Waals surface area contributed by atoms with E-state index in [1.54, 1.807) is 0 Å². The highest BCUT2D eigenvalue weighted by molar-refractivity contribution is 5.48. The van der Waals surface area contributed by atoms with Crippen molar-refractivity contribution in [3.05, 3.63) is 97.2 Å². The molecule has 0 radical (unpaired) electrons. The quantitative estimate of drug-likeness (QED) is 0.823. The third kappa shape index (κ3) is 2.04. The number of likely N-dealkylation sites (tertiary alicyclic amines) is 1. The summed E-state index contributed by atoms with van der Waals surface area (Å²) in [5.41, 5.74) is 6.07. The largest absolute Gasteiger partial charge is 0.362 e. The first-order valence-corrected chi connectivity index (χ1v) is 7.03. The Morgan fingerprint density at radius 3 is 1.90 bits per heavy atom. The molecule has 2 saturated heterocycles. The maximum absolute atomic E-state index is 4.26. The Hall–Kier alpha value is -2.48. The maximum atomic E-state index is 4.26. The van der Waals surface area contributed by atoms with Crippen molar-refractivity contribution in [1.82, 2.24) is 10.2 Å². The van der Waals surface area contributed by atoms with Gasteiger partial charge in [0, 0.05) is 29.3 Å². The van der Waals surface area contributed by atoms with Crippen LogP contribution in [0.5, 0.6) is 0 Å². The summed E-state index contributed by atoms with van der Waals surface area (Å²) >= 11 is 0. The molecule has 0 aromatic heterocycles. The molecule has 0 saturated carbocycles. The van der Waals surface area contributed by atoms with E-state index in [0.717, 1.165) is 34.9 Å². The van der Waals surface area contributed by atoms with E-state index in [-0.39, 0.29) is 11.8 Å². The second-order valence-corrected chi connectivity index (χ2v) is 5.67. The van der Waals surface area contributed by atoms with Gasteiger partial charge in [-0.3, -0.25) is 0 Å². The number of nitrogens with one attached hydrogen (secondary N) is 1. The van der Waals surface area contributed by atoms with E-state index in [2.05, 4.69) is 55.2 Å². The van der Waals surface area contributed by atoms with Gasteiger partial charge in [-0.25, -0.2) is 0 Å². The Morgan fingerprint density at radius 1 is 0.857 bits per heavy atom. The molecule has 2 nitrogen and oxygen atoms in total. The first kappa shape index (κ1) is 13.5. The molecular formula is C19H20N2. The van der Waals surface area contributed by atoms with Gasteiger partial charge in [-0.2, -0.15) is 0 Å². The second kappa shape index (κ2) is 4.81. The Balaban J connectivity index is 1.97. The predicted octanol–water partition coefficient (Wildman–Crippen LogP) is 3.95. The lowest BCUT2D eigenvalue weighted by molar-refractivity contribution is 0.304. The van der Waals surface area contributed by atoms with E-state index in [1.165, 1.54) is 5.56 Å². The fourth-order valence-corrected chi connectivity index (χ4v) is 3.26. The van der Waals surface area contributed by atoms with E-state index < -0.39 is 0 Å². The van der Waals surface area contributed by atoms with Crippen molar-refractivity contribution >= 4 is 0 Å². The van der Waals surface area contributed by atoms with Crippen molar-refractivity contribution in [2.24, 2.45) is 11.8 Å². The number of rotatable bonds is 2. The van der Waals surface area contributed by atoms with Crippen LogP contribution in [0.2, 0.25) is 0 Å². The second-order valence-electron chi connectivity index (χ2n) is 5.67. The Morgan fingerprint density at radius 2 is 1.38 bits per heavy atom. The molecule has 2 aliphatic heterocycles. The molecule has 2 unspecified atom stereocenters. The summed E-state index contributed by atoms with van der Waals surface area (Å²) < 4.78 is 0. The predicted molar refractivity (Wildman–Crippen MR) is 87.8 cm³/mol. The number of benzene rings is 1. The normalized spacial score (nSPS) is 25.1. The number of piperidine rings is 2.